The van der Waals surface area contributed by atoms with Crippen molar-refractivity contribution in [1.82, 2.24) is 28.9 Å². The summed E-state index contributed by atoms with van der Waals surface area (Å²) in [6, 6.07) is 17.7. The van der Waals surface area contributed by atoms with Gasteiger partial charge in [-0.2, -0.15) is 26.3 Å². The molecular formula is C46H48F8N8. The van der Waals surface area contributed by atoms with Crippen molar-refractivity contribution in [2.45, 2.75) is 77.1 Å². The van der Waals surface area contributed by atoms with Crippen LogP contribution in [0.5, 0.6) is 0 Å². The van der Waals surface area contributed by atoms with Crippen LogP contribution in [-0.2, 0) is 38.3 Å². The minimum absolute atomic E-state index is 0.238. The van der Waals surface area contributed by atoms with E-state index in [0.717, 1.165) is 159 Å². The first-order valence-electron chi connectivity index (χ1n) is 21.3. The fraction of sp³-hybridized carbons (Fsp3) is 0.435. The third kappa shape index (κ3) is 8.47. The van der Waals surface area contributed by atoms with Crippen LogP contribution in [0.3, 0.4) is 0 Å². The Bertz CT molecular complexity index is 2370. The maximum absolute atomic E-state index is 14.0. The summed E-state index contributed by atoms with van der Waals surface area (Å²) in [7, 11) is 0. The smallest absolute Gasteiger partial charge is 0.369 e. The zero-order valence-electron chi connectivity index (χ0n) is 34.6. The Morgan fingerprint density at radius 1 is 0.516 bits per heavy atom. The predicted molar refractivity (Wildman–Crippen MR) is 223 cm³/mol. The van der Waals surface area contributed by atoms with E-state index >= 15 is 0 Å². The highest BCUT2D eigenvalue weighted by Gasteiger charge is 2.32. The average Bonchev–Trinajstić information content (AvgIpc) is 3.79. The maximum Gasteiger partial charge on any atom is 0.416 e. The first kappa shape index (κ1) is 42.1. The summed E-state index contributed by atoms with van der Waals surface area (Å²) >= 11 is 0. The van der Waals surface area contributed by atoms with Gasteiger partial charge in [0.15, 0.2) is 0 Å². The largest absolute Gasteiger partial charge is 0.416 e. The maximum atomic E-state index is 14.0. The lowest BCUT2D eigenvalue weighted by Gasteiger charge is -2.36. The quantitative estimate of drug-likeness (QED) is 0.156. The lowest BCUT2D eigenvalue weighted by Crippen LogP contribution is -2.46. The van der Waals surface area contributed by atoms with Gasteiger partial charge in [-0.1, -0.05) is 0 Å². The lowest BCUT2D eigenvalue weighted by molar-refractivity contribution is -0.138. The number of nitrogens with zero attached hydrogens (tertiary/aromatic N) is 8. The Hall–Kier alpha value is -5.22. The second kappa shape index (κ2) is 16.5. The van der Waals surface area contributed by atoms with Gasteiger partial charge < -0.3 is 18.9 Å². The average molecular weight is 865 g/mol. The summed E-state index contributed by atoms with van der Waals surface area (Å²) in [5, 5.41) is 0. The van der Waals surface area contributed by atoms with Gasteiger partial charge in [-0.05, 0) is 111 Å². The van der Waals surface area contributed by atoms with E-state index in [2.05, 4.69) is 42.6 Å². The van der Waals surface area contributed by atoms with Crippen LogP contribution in [0.15, 0.2) is 72.8 Å². The molecule has 0 N–H and O–H groups in total. The summed E-state index contributed by atoms with van der Waals surface area (Å²) in [6.45, 7) is 11.8. The highest BCUT2D eigenvalue weighted by atomic mass is 19.4. The number of rotatable bonds is 6. The van der Waals surface area contributed by atoms with E-state index in [1.165, 1.54) is 12.1 Å². The van der Waals surface area contributed by atoms with Gasteiger partial charge in [-0.25, -0.2) is 18.7 Å². The first-order valence-corrected chi connectivity index (χ1v) is 21.3. The number of aromatic nitrogens is 4. The van der Waals surface area contributed by atoms with E-state index in [4.69, 9.17) is 9.97 Å². The molecule has 4 aliphatic rings. The van der Waals surface area contributed by atoms with E-state index in [0.29, 0.717) is 25.2 Å². The van der Waals surface area contributed by atoms with Gasteiger partial charge in [0, 0.05) is 87.9 Å². The molecule has 2 aromatic heterocycles. The molecule has 0 spiro atoms. The molecule has 62 heavy (non-hydrogen) atoms. The van der Waals surface area contributed by atoms with Gasteiger partial charge in [0.05, 0.1) is 46.3 Å². The molecule has 2 saturated heterocycles. The molecule has 10 rings (SSSR count). The van der Waals surface area contributed by atoms with Crippen LogP contribution in [0.25, 0.3) is 22.1 Å². The summed E-state index contributed by atoms with van der Waals surface area (Å²) in [5.74, 6) is 1.44. The predicted octanol–water partition coefficient (Wildman–Crippen LogP) is 10.0. The normalized spacial score (nSPS) is 19.9. The van der Waals surface area contributed by atoms with Crippen LogP contribution in [-0.4, -0.2) is 81.3 Å². The van der Waals surface area contributed by atoms with Gasteiger partial charge in [0.1, 0.15) is 23.3 Å². The lowest BCUT2D eigenvalue weighted by atomic mass is 10.00. The highest BCUT2D eigenvalue weighted by Crippen LogP contribution is 2.37. The summed E-state index contributed by atoms with van der Waals surface area (Å²) in [5.41, 5.74) is 5.97. The van der Waals surface area contributed by atoms with Crippen LogP contribution in [0.2, 0.25) is 0 Å². The van der Waals surface area contributed by atoms with Crippen LogP contribution in [0.4, 0.5) is 46.5 Å². The molecule has 2 atom stereocenters. The molecular weight excluding hydrogens is 817 g/mol. The zero-order valence-corrected chi connectivity index (χ0v) is 34.6. The van der Waals surface area contributed by atoms with Crippen LogP contribution in [0.1, 0.15) is 72.7 Å². The third-order valence-electron chi connectivity index (χ3n) is 12.9. The van der Waals surface area contributed by atoms with Crippen LogP contribution >= 0.6 is 0 Å². The van der Waals surface area contributed by atoms with E-state index in [9.17, 15) is 35.1 Å². The van der Waals surface area contributed by atoms with Gasteiger partial charge in [0.2, 0.25) is 0 Å². The fourth-order valence-corrected chi connectivity index (χ4v) is 9.64. The molecule has 0 aliphatic carbocycles. The van der Waals surface area contributed by atoms with Gasteiger partial charge in [-0.15, -0.1) is 0 Å². The number of imidazole rings is 2. The van der Waals surface area contributed by atoms with Gasteiger partial charge in [-0.3, -0.25) is 9.80 Å². The number of hydrogen-bond donors (Lipinski definition) is 0. The number of anilines is 2. The minimum atomic E-state index is -4.31. The zero-order chi connectivity index (χ0) is 43.5. The van der Waals surface area contributed by atoms with Crippen molar-refractivity contribution in [2.75, 3.05) is 62.2 Å². The van der Waals surface area contributed by atoms with Crippen LogP contribution < -0.4 is 9.80 Å². The van der Waals surface area contributed by atoms with E-state index in [1.807, 2.05) is 0 Å². The van der Waals surface area contributed by atoms with E-state index < -0.39 is 23.5 Å². The standard InChI is InChI=1S/2C23H24F4N4/c2*1-15-2-3-16-12-18(24)13-20-22(16)31(15)21(28-20)14-29-8-10-30(11-9-29)19-6-4-17(5-7-19)23(25,26)27/h2*4-7,12-13,15H,2-3,8-11,14H2,1H3/t15-;/m1./s1. The molecule has 4 aliphatic heterocycles. The fourth-order valence-electron chi connectivity index (χ4n) is 9.64. The second-order valence-corrected chi connectivity index (χ2v) is 17.1. The van der Waals surface area contributed by atoms with Gasteiger partial charge >= 0.3 is 12.4 Å². The molecule has 0 amide bonds. The molecule has 0 bridgehead atoms. The number of aryl methyl sites for hydroxylation is 2. The molecule has 2 fully saturated rings. The Kier molecular flexibility index (Phi) is 11.2. The monoisotopic (exact) mass is 864 g/mol. The van der Waals surface area contributed by atoms with Gasteiger partial charge in [0.25, 0.3) is 0 Å². The molecule has 1 unspecified atom stereocenters. The minimum Gasteiger partial charge on any atom is -0.369 e. The Balaban J connectivity index is 0.000000158. The summed E-state index contributed by atoms with van der Waals surface area (Å²) < 4.78 is 109. The number of halogens is 8. The first-order chi connectivity index (χ1) is 29.6. The molecule has 4 aromatic carbocycles. The number of hydrogen-bond acceptors (Lipinski definition) is 6. The van der Waals surface area contributed by atoms with Crippen molar-refractivity contribution < 1.29 is 35.1 Å². The van der Waals surface area contributed by atoms with Crippen molar-refractivity contribution in [3.8, 4) is 0 Å². The molecule has 16 heteroatoms. The molecule has 328 valence electrons. The Morgan fingerprint density at radius 3 is 1.21 bits per heavy atom. The second-order valence-electron chi connectivity index (χ2n) is 17.1. The molecule has 0 radical (unpaired) electrons. The Morgan fingerprint density at radius 2 is 0.871 bits per heavy atom. The molecule has 6 heterocycles. The number of benzene rings is 4. The van der Waals surface area contributed by atoms with E-state index in [-0.39, 0.29) is 11.6 Å². The van der Waals surface area contributed by atoms with Crippen molar-refractivity contribution in [3.63, 3.8) is 0 Å². The molecule has 0 saturated carbocycles. The summed E-state index contributed by atoms with van der Waals surface area (Å²) in [4.78, 5) is 18.4. The number of alkyl halides is 6. The summed E-state index contributed by atoms with van der Waals surface area (Å²) in [6.07, 6.45) is -4.96. The third-order valence-corrected chi connectivity index (χ3v) is 12.9. The van der Waals surface area contributed by atoms with Crippen molar-refractivity contribution in [2.24, 2.45) is 0 Å². The van der Waals surface area contributed by atoms with E-state index in [1.54, 1.807) is 36.4 Å². The molecule has 8 nitrogen and oxygen atoms in total. The topological polar surface area (TPSA) is 48.6 Å². The van der Waals surface area contributed by atoms with Crippen LogP contribution in [0, 0.1) is 11.6 Å². The SMILES string of the molecule is CC1CCc2cc(F)cc3nc(CN4CCN(c5ccc(C(F)(F)F)cc5)CC4)n1c23.C[C@@H]1CCc2cc(F)cc3nc(CN4CCN(c5ccc(C(F)(F)F)cc5)CC4)n1c23. The van der Waals surface area contributed by atoms with Crippen molar-refractivity contribution >= 4 is 33.4 Å². The highest BCUT2D eigenvalue weighted by molar-refractivity contribution is 5.81. The molecule has 6 aromatic rings. The van der Waals surface area contributed by atoms with Crippen molar-refractivity contribution in [1.29, 1.82) is 0 Å². The van der Waals surface area contributed by atoms with Crippen molar-refractivity contribution in [3.05, 3.63) is 118 Å². The number of piperazine rings is 2. The Labute approximate surface area is 354 Å².